The highest BCUT2D eigenvalue weighted by Crippen LogP contribution is 2.13. The van der Waals surface area contributed by atoms with Crippen LogP contribution >= 0.6 is 0 Å². The van der Waals surface area contributed by atoms with Crippen molar-refractivity contribution in [2.24, 2.45) is 5.73 Å². The number of esters is 1. The number of aryl methyl sites for hydroxylation is 1. The van der Waals surface area contributed by atoms with E-state index in [1.54, 1.807) is 6.07 Å². The van der Waals surface area contributed by atoms with Crippen molar-refractivity contribution in [1.29, 1.82) is 0 Å². The molecule has 5 heteroatoms. The van der Waals surface area contributed by atoms with Gasteiger partial charge in [0.15, 0.2) is 0 Å². The minimum Gasteiger partial charge on any atom is -0.468 e. The summed E-state index contributed by atoms with van der Waals surface area (Å²) in [6.45, 7) is 4.28. The van der Waals surface area contributed by atoms with Gasteiger partial charge in [-0.1, -0.05) is 17.9 Å². The first-order valence-electron chi connectivity index (χ1n) is 6.69. The third-order valence-corrected chi connectivity index (χ3v) is 3.02. The Bertz CT molecular complexity index is 585. The molecule has 21 heavy (non-hydrogen) atoms. The van der Waals surface area contributed by atoms with Gasteiger partial charge in [-0.15, -0.1) is 0 Å². The molecule has 1 aromatic rings. The minimum absolute atomic E-state index is 0.0655. The van der Waals surface area contributed by atoms with E-state index in [9.17, 15) is 9.59 Å². The van der Waals surface area contributed by atoms with Crippen LogP contribution in [0.1, 0.15) is 28.4 Å². The van der Waals surface area contributed by atoms with E-state index in [1.807, 2.05) is 26.0 Å². The summed E-state index contributed by atoms with van der Waals surface area (Å²) in [5.41, 5.74) is 7.44. The molecular weight excluding hydrogens is 268 g/mol. The fourth-order valence-electron chi connectivity index (χ4n) is 1.80. The maximum absolute atomic E-state index is 12.5. The Morgan fingerprint density at radius 2 is 2.10 bits per heavy atom. The van der Waals surface area contributed by atoms with Crippen LogP contribution in [0.2, 0.25) is 0 Å². The quantitative estimate of drug-likeness (QED) is 0.661. The number of carbonyl (C=O) groups excluding carboxylic acids is 2. The molecule has 0 spiro atoms. The van der Waals surface area contributed by atoms with Crippen molar-refractivity contribution < 1.29 is 14.3 Å². The molecule has 1 rings (SSSR count). The van der Waals surface area contributed by atoms with Crippen molar-refractivity contribution in [3.05, 3.63) is 34.9 Å². The molecular formula is C16H20N2O3. The van der Waals surface area contributed by atoms with Gasteiger partial charge in [0, 0.05) is 17.7 Å². The van der Waals surface area contributed by atoms with Gasteiger partial charge in [-0.05, 0) is 31.5 Å². The molecule has 0 radical (unpaired) electrons. The molecule has 0 saturated heterocycles. The SMILES string of the molecule is CCN(CC(=O)OC)C(=O)c1cc(C#CCN)ccc1C. The molecule has 0 aliphatic carbocycles. The van der Waals surface area contributed by atoms with Gasteiger partial charge in [0.2, 0.25) is 0 Å². The van der Waals surface area contributed by atoms with E-state index in [2.05, 4.69) is 16.6 Å². The predicted molar refractivity (Wildman–Crippen MR) is 80.7 cm³/mol. The average molecular weight is 288 g/mol. The molecule has 2 N–H and O–H groups in total. The van der Waals surface area contributed by atoms with E-state index < -0.39 is 5.97 Å². The number of nitrogens with zero attached hydrogens (tertiary/aromatic N) is 1. The number of likely N-dealkylation sites (N-methyl/N-ethyl adjacent to an activating group) is 1. The van der Waals surface area contributed by atoms with Crippen LogP contribution in [-0.2, 0) is 9.53 Å². The van der Waals surface area contributed by atoms with Gasteiger partial charge >= 0.3 is 5.97 Å². The summed E-state index contributed by atoms with van der Waals surface area (Å²) >= 11 is 0. The van der Waals surface area contributed by atoms with Crippen LogP contribution in [0.15, 0.2) is 18.2 Å². The number of hydrogen-bond acceptors (Lipinski definition) is 4. The first-order valence-corrected chi connectivity index (χ1v) is 6.69. The van der Waals surface area contributed by atoms with Crippen LogP contribution in [0.5, 0.6) is 0 Å². The Morgan fingerprint density at radius 1 is 1.38 bits per heavy atom. The second kappa shape index (κ2) is 8.08. The second-order valence-corrected chi connectivity index (χ2v) is 4.43. The summed E-state index contributed by atoms with van der Waals surface area (Å²) < 4.78 is 4.61. The zero-order chi connectivity index (χ0) is 15.8. The molecule has 0 atom stereocenters. The van der Waals surface area contributed by atoms with Gasteiger partial charge in [-0.25, -0.2) is 0 Å². The van der Waals surface area contributed by atoms with E-state index >= 15 is 0 Å². The van der Waals surface area contributed by atoms with Crippen LogP contribution in [0, 0.1) is 18.8 Å². The maximum Gasteiger partial charge on any atom is 0.325 e. The fourth-order valence-corrected chi connectivity index (χ4v) is 1.80. The number of nitrogens with two attached hydrogens (primary N) is 1. The molecule has 1 amide bonds. The highest BCUT2D eigenvalue weighted by atomic mass is 16.5. The van der Waals surface area contributed by atoms with Crippen molar-refractivity contribution in [3.63, 3.8) is 0 Å². The average Bonchev–Trinajstić information content (AvgIpc) is 2.50. The van der Waals surface area contributed by atoms with Crippen molar-refractivity contribution in [2.75, 3.05) is 26.7 Å². The van der Waals surface area contributed by atoms with E-state index in [1.165, 1.54) is 12.0 Å². The molecule has 0 aliphatic heterocycles. The van der Waals surface area contributed by atoms with Crippen molar-refractivity contribution in [1.82, 2.24) is 4.90 Å². The number of amides is 1. The zero-order valence-electron chi connectivity index (χ0n) is 12.6. The van der Waals surface area contributed by atoms with E-state index in [4.69, 9.17) is 5.73 Å². The number of rotatable bonds is 4. The minimum atomic E-state index is -0.443. The first kappa shape index (κ1) is 16.7. The van der Waals surface area contributed by atoms with Crippen LogP contribution in [0.4, 0.5) is 0 Å². The summed E-state index contributed by atoms with van der Waals surface area (Å²) in [6, 6.07) is 5.39. The molecule has 0 heterocycles. The van der Waals surface area contributed by atoms with Gasteiger partial charge < -0.3 is 15.4 Å². The maximum atomic E-state index is 12.5. The Morgan fingerprint density at radius 3 is 2.67 bits per heavy atom. The molecule has 0 saturated carbocycles. The highest BCUT2D eigenvalue weighted by Gasteiger charge is 2.19. The Kier molecular flexibility index (Phi) is 6.44. The van der Waals surface area contributed by atoms with Crippen molar-refractivity contribution >= 4 is 11.9 Å². The third-order valence-electron chi connectivity index (χ3n) is 3.02. The molecule has 0 fully saturated rings. The number of ether oxygens (including phenoxy) is 1. The summed E-state index contributed by atoms with van der Waals surface area (Å²) in [6.07, 6.45) is 0. The molecule has 5 nitrogen and oxygen atoms in total. The Labute approximate surface area is 125 Å². The van der Waals surface area contributed by atoms with Crippen LogP contribution in [-0.4, -0.2) is 43.5 Å². The van der Waals surface area contributed by atoms with Gasteiger partial charge in [0.05, 0.1) is 13.7 Å². The molecule has 112 valence electrons. The Hall–Kier alpha value is -2.32. The Balaban J connectivity index is 3.06. The lowest BCUT2D eigenvalue weighted by molar-refractivity contribution is -0.141. The monoisotopic (exact) mass is 288 g/mol. The first-order chi connectivity index (χ1) is 10.0. The number of benzene rings is 1. The summed E-state index contributed by atoms with van der Waals surface area (Å²) in [5, 5.41) is 0. The van der Waals surface area contributed by atoms with Crippen LogP contribution in [0.25, 0.3) is 0 Å². The number of carbonyl (C=O) groups is 2. The molecule has 0 aliphatic rings. The largest absolute Gasteiger partial charge is 0.468 e. The predicted octanol–water partition coefficient (Wildman–Crippen LogP) is 0.940. The topological polar surface area (TPSA) is 72.6 Å². The molecule has 0 bridgehead atoms. The normalized spacial score (nSPS) is 9.52. The molecule has 1 aromatic carbocycles. The summed E-state index contributed by atoms with van der Waals surface area (Å²) in [5.74, 6) is 5.00. The summed E-state index contributed by atoms with van der Waals surface area (Å²) in [7, 11) is 1.30. The number of methoxy groups -OCH3 is 1. The van der Waals surface area contributed by atoms with Crippen molar-refractivity contribution in [2.45, 2.75) is 13.8 Å². The molecule has 0 aromatic heterocycles. The lowest BCUT2D eigenvalue weighted by atomic mass is 10.0. The van der Waals surface area contributed by atoms with Crippen molar-refractivity contribution in [3.8, 4) is 11.8 Å². The second-order valence-electron chi connectivity index (χ2n) is 4.43. The van der Waals surface area contributed by atoms with E-state index in [0.29, 0.717) is 12.1 Å². The van der Waals surface area contributed by atoms with E-state index in [0.717, 1.165) is 11.1 Å². The third kappa shape index (κ3) is 4.62. The van der Waals surface area contributed by atoms with Gasteiger partial charge in [-0.2, -0.15) is 0 Å². The number of hydrogen-bond donors (Lipinski definition) is 1. The molecule has 0 unspecified atom stereocenters. The van der Waals surface area contributed by atoms with Gasteiger partial charge in [-0.3, -0.25) is 9.59 Å². The summed E-state index contributed by atoms with van der Waals surface area (Å²) in [4.78, 5) is 25.3. The van der Waals surface area contributed by atoms with Crippen LogP contribution < -0.4 is 5.73 Å². The van der Waals surface area contributed by atoms with Gasteiger partial charge in [0.1, 0.15) is 6.54 Å². The standard InChI is InChI=1S/C16H20N2O3/c1-4-18(11-15(19)21-3)16(20)14-10-13(6-5-9-17)8-7-12(14)2/h7-8,10H,4,9,11,17H2,1-3H3. The fraction of sp³-hybridized carbons (Fsp3) is 0.375. The smallest absolute Gasteiger partial charge is 0.325 e. The van der Waals surface area contributed by atoms with E-state index in [-0.39, 0.29) is 19.0 Å². The zero-order valence-corrected chi connectivity index (χ0v) is 12.6. The lowest BCUT2D eigenvalue weighted by Crippen LogP contribution is -2.36. The van der Waals surface area contributed by atoms with Gasteiger partial charge in [0.25, 0.3) is 5.91 Å². The lowest BCUT2D eigenvalue weighted by Gasteiger charge is -2.20. The van der Waals surface area contributed by atoms with Crippen LogP contribution in [0.3, 0.4) is 0 Å². The highest BCUT2D eigenvalue weighted by molar-refractivity contribution is 5.97.